The predicted octanol–water partition coefficient (Wildman–Crippen LogP) is 2.54. The predicted molar refractivity (Wildman–Crippen MR) is 111 cm³/mol. The number of carbonyl (C=O) groups excluding carboxylic acids is 3. The van der Waals surface area contributed by atoms with Crippen LogP contribution in [0.4, 0.5) is 5.69 Å². The summed E-state index contributed by atoms with van der Waals surface area (Å²) in [6.07, 6.45) is 1.64. The molecule has 2 amide bonds. The van der Waals surface area contributed by atoms with E-state index in [1.54, 1.807) is 30.3 Å². The van der Waals surface area contributed by atoms with E-state index in [4.69, 9.17) is 23.8 Å². The number of thiocarbonyl (C=S) groups is 1. The number of benzene rings is 2. The van der Waals surface area contributed by atoms with Crippen molar-refractivity contribution in [1.29, 1.82) is 0 Å². The van der Waals surface area contributed by atoms with E-state index in [1.807, 2.05) is 0 Å². The number of nitrogens with one attached hydrogen (secondary N) is 1. The molecule has 0 aliphatic carbocycles. The van der Waals surface area contributed by atoms with Crippen molar-refractivity contribution in [2.75, 3.05) is 11.9 Å². The van der Waals surface area contributed by atoms with Crippen LogP contribution in [0.25, 0.3) is 6.08 Å². The van der Waals surface area contributed by atoms with E-state index >= 15 is 0 Å². The number of amides is 2. The Morgan fingerprint density at radius 1 is 1.18 bits per heavy atom. The molecule has 0 unspecified atom stereocenters. The number of thioether (sulfide) groups is 1. The van der Waals surface area contributed by atoms with Gasteiger partial charge >= 0.3 is 0 Å². The van der Waals surface area contributed by atoms with Gasteiger partial charge in [0.2, 0.25) is 5.91 Å². The summed E-state index contributed by atoms with van der Waals surface area (Å²) in [4.78, 5) is 37.2. The minimum atomic E-state index is -1.30. The molecule has 6 nitrogen and oxygen atoms in total. The molecule has 0 saturated carbocycles. The van der Waals surface area contributed by atoms with Gasteiger partial charge in [-0.2, -0.15) is 0 Å². The van der Waals surface area contributed by atoms with Crippen LogP contribution in [0, 0.1) is 0 Å². The summed E-state index contributed by atoms with van der Waals surface area (Å²) in [7, 11) is 0. The number of aromatic carboxylic acids is 1. The number of nitrogens with zero attached hydrogens (tertiary/aromatic N) is 1. The highest BCUT2D eigenvalue weighted by molar-refractivity contribution is 8.26. The Morgan fingerprint density at radius 3 is 2.50 bits per heavy atom. The number of rotatable bonds is 5. The van der Waals surface area contributed by atoms with Gasteiger partial charge < -0.3 is 15.2 Å². The quantitative estimate of drug-likeness (QED) is 0.578. The zero-order valence-electron chi connectivity index (χ0n) is 14.2. The van der Waals surface area contributed by atoms with E-state index in [1.165, 1.54) is 29.2 Å². The van der Waals surface area contributed by atoms with E-state index in [0.717, 1.165) is 11.8 Å². The minimum absolute atomic E-state index is 0.000325. The molecule has 2 aromatic rings. The molecule has 3 rings (SSSR count). The summed E-state index contributed by atoms with van der Waals surface area (Å²) in [5, 5.41) is 13.8. The number of carboxylic acids is 1. The lowest BCUT2D eigenvalue weighted by Crippen LogP contribution is -2.36. The highest BCUT2D eigenvalue weighted by Gasteiger charge is 2.33. The summed E-state index contributed by atoms with van der Waals surface area (Å²) >= 11 is 12.4. The van der Waals surface area contributed by atoms with Gasteiger partial charge in [-0.25, -0.2) is 0 Å². The van der Waals surface area contributed by atoms with Crippen molar-refractivity contribution in [1.82, 2.24) is 4.90 Å². The SMILES string of the molecule is O=C(CN1C(=O)C(=Cc2ccccc2Cl)SC1=S)Nc1ccc(C(=O)[O-])cc1. The maximum Gasteiger partial charge on any atom is 0.266 e. The van der Waals surface area contributed by atoms with Crippen molar-refractivity contribution in [3.05, 3.63) is 69.6 Å². The lowest BCUT2D eigenvalue weighted by Gasteiger charge is -2.14. The lowest BCUT2D eigenvalue weighted by molar-refractivity contribution is -0.255. The normalized spacial score (nSPS) is 15.2. The standard InChI is InChI=1S/C19H13ClN2O4S2/c20-14-4-2-1-3-12(14)9-15-17(24)22(19(27)28-15)10-16(23)21-13-7-5-11(6-8-13)18(25)26/h1-9H,10H2,(H,21,23)(H,25,26)/p-1. The fourth-order valence-electron chi connectivity index (χ4n) is 2.40. The van der Waals surface area contributed by atoms with Gasteiger partial charge in [-0.3, -0.25) is 14.5 Å². The van der Waals surface area contributed by atoms with Gasteiger partial charge in [0.05, 0.1) is 10.9 Å². The van der Waals surface area contributed by atoms with Crippen LogP contribution in [0.15, 0.2) is 53.4 Å². The topological polar surface area (TPSA) is 89.5 Å². The summed E-state index contributed by atoms with van der Waals surface area (Å²) in [6.45, 7) is -0.257. The average molecular weight is 432 g/mol. The third kappa shape index (κ3) is 4.59. The maximum absolute atomic E-state index is 12.6. The third-order valence-electron chi connectivity index (χ3n) is 3.77. The van der Waals surface area contributed by atoms with E-state index in [-0.39, 0.29) is 22.3 Å². The molecular weight excluding hydrogens is 420 g/mol. The van der Waals surface area contributed by atoms with Gasteiger partial charge in [-0.05, 0) is 35.4 Å². The second-order valence-corrected chi connectivity index (χ2v) is 7.79. The molecular formula is C19H12ClN2O4S2-. The van der Waals surface area contributed by atoms with Gasteiger partial charge in [-0.15, -0.1) is 0 Å². The molecule has 2 aromatic carbocycles. The van der Waals surface area contributed by atoms with Gasteiger partial charge in [0, 0.05) is 10.7 Å². The molecule has 1 saturated heterocycles. The Bertz CT molecular complexity index is 1010. The molecule has 0 spiro atoms. The number of anilines is 1. The van der Waals surface area contributed by atoms with Crippen molar-refractivity contribution < 1.29 is 19.5 Å². The molecule has 9 heteroatoms. The second kappa shape index (κ2) is 8.55. The number of carboxylic acid groups (broad SMARTS) is 1. The molecule has 28 heavy (non-hydrogen) atoms. The van der Waals surface area contributed by atoms with E-state index in [2.05, 4.69) is 5.32 Å². The molecule has 1 fully saturated rings. The van der Waals surface area contributed by atoms with Crippen LogP contribution in [0.1, 0.15) is 15.9 Å². The summed E-state index contributed by atoms with van der Waals surface area (Å²) in [5.41, 5.74) is 1.08. The molecule has 1 aliphatic rings. The summed E-state index contributed by atoms with van der Waals surface area (Å²) < 4.78 is 0.269. The monoisotopic (exact) mass is 431 g/mol. The minimum Gasteiger partial charge on any atom is -0.545 e. The Hall–Kier alpha value is -2.68. The maximum atomic E-state index is 12.6. The fourth-order valence-corrected chi connectivity index (χ4v) is 3.84. The van der Waals surface area contributed by atoms with Crippen LogP contribution in [0.5, 0.6) is 0 Å². The smallest absolute Gasteiger partial charge is 0.266 e. The summed E-state index contributed by atoms with van der Waals surface area (Å²) in [6, 6.07) is 12.6. The van der Waals surface area contributed by atoms with Gasteiger partial charge in [0.1, 0.15) is 10.9 Å². The first kappa shape index (κ1) is 20.1. The second-order valence-electron chi connectivity index (χ2n) is 5.70. The van der Waals surface area contributed by atoms with Gasteiger partial charge in [0.25, 0.3) is 5.91 Å². The Morgan fingerprint density at radius 2 is 1.86 bits per heavy atom. The van der Waals surface area contributed by atoms with Gasteiger partial charge in [0.15, 0.2) is 0 Å². The van der Waals surface area contributed by atoms with E-state index in [9.17, 15) is 19.5 Å². The zero-order chi connectivity index (χ0) is 20.3. The van der Waals surface area contributed by atoms with Crippen molar-refractivity contribution >= 4 is 69.4 Å². The average Bonchev–Trinajstić information content (AvgIpc) is 2.91. The van der Waals surface area contributed by atoms with Crippen LogP contribution in [0.3, 0.4) is 0 Å². The largest absolute Gasteiger partial charge is 0.545 e. The van der Waals surface area contributed by atoms with Crippen LogP contribution in [-0.4, -0.2) is 33.5 Å². The molecule has 0 bridgehead atoms. The molecule has 1 heterocycles. The van der Waals surface area contributed by atoms with Crippen LogP contribution in [-0.2, 0) is 9.59 Å². The third-order valence-corrected chi connectivity index (χ3v) is 5.49. The number of hydrogen-bond acceptors (Lipinski definition) is 6. The first-order chi connectivity index (χ1) is 13.3. The van der Waals surface area contributed by atoms with Crippen molar-refractivity contribution in [3.8, 4) is 0 Å². The number of hydrogen-bond donors (Lipinski definition) is 1. The number of halogens is 1. The highest BCUT2D eigenvalue weighted by atomic mass is 35.5. The van der Waals surface area contributed by atoms with Crippen molar-refractivity contribution in [2.24, 2.45) is 0 Å². The Kier molecular flexibility index (Phi) is 6.13. The van der Waals surface area contributed by atoms with Crippen LogP contribution < -0.4 is 10.4 Å². The number of carbonyl (C=O) groups is 3. The molecule has 0 radical (unpaired) electrons. The highest BCUT2D eigenvalue weighted by Crippen LogP contribution is 2.33. The Balaban J connectivity index is 1.68. The van der Waals surface area contributed by atoms with Crippen molar-refractivity contribution in [2.45, 2.75) is 0 Å². The molecule has 0 aromatic heterocycles. The van der Waals surface area contributed by atoms with Gasteiger partial charge in [-0.1, -0.05) is 65.9 Å². The Labute approximate surface area is 175 Å². The molecule has 0 atom stereocenters. The van der Waals surface area contributed by atoms with E-state index < -0.39 is 11.9 Å². The molecule has 142 valence electrons. The first-order valence-electron chi connectivity index (χ1n) is 7.96. The molecule has 1 aliphatic heterocycles. The van der Waals surface area contributed by atoms with Crippen molar-refractivity contribution in [3.63, 3.8) is 0 Å². The van der Waals surface area contributed by atoms with Crippen LogP contribution in [0.2, 0.25) is 5.02 Å². The molecule has 1 N–H and O–H groups in total. The zero-order valence-corrected chi connectivity index (χ0v) is 16.6. The van der Waals surface area contributed by atoms with Crippen LogP contribution >= 0.6 is 35.6 Å². The fraction of sp³-hybridized carbons (Fsp3) is 0.0526. The summed E-state index contributed by atoms with van der Waals surface area (Å²) in [5.74, 6) is -2.14. The lowest BCUT2D eigenvalue weighted by atomic mass is 10.2. The van der Waals surface area contributed by atoms with E-state index in [0.29, 0.717) is 21.2 Å². The first-order valence-corrected chi connectivity index (χ1v) is 9.56.